The summed E-state index contributed by atoms with van der Waals surface area (Å²) in [5.74, 6) is 1.15. The van der Waals surface area contributed by atoms with Gasteiger partial charge < -0.3 is 20.3 Å². The highest BCUT2D eigenvalue weighted by Crippen LogP contribution is 2.11. The highest BCUT2D eigenvalue weighted by Gasteiger charge is 2.19. The lowest BCUT2D eigenvalue weighted by atomic mass is 10.2. The molecule has 0 aromatic carbocycles. The lowest BCUT2D eigenvalue weighted by molar-refractivity contribution is -0.127. The van der Waals surface area contributed by atoms with Gasteiger partial charge in [-0.25, -0.2) is 0 Å². The van der Waals surface area contributed by atoms with E-state index in [-0.39, 0.29) is 6.10 Å². The minimum atomic E-state index is 0.280. The molecule has 21 heavy (non-hydrogen) atoms. The highest BCUT2D eigenvalue weighted by molar-refractivity contribution is 5.79. The molecule has 1 unspecified atom stereocenters. The molecule has 1 atom stereocenters. The van der Waals surface area contributed by atoms with Gasteiger partial charge in [-0.3, -0.25) is 9.79 Å². The third-order valence-corrected chi connectivity index (χ3v) is 3.89. The Kier molecular flexibility index (Phi) is 6.79. The van der Waals surface area contributed by atoms with Crippen molar-refractivity contribution in [1.82, 2.24) is 15.5 Å². The second kappa shape index (κ2) is 8.87. The average molecular weight is 296 g/mol. The van der Waals surface area contributed by atoms with Crippen LogP contribution in [0.5, 0.6) is 0 Å². The molecule has 2 fully saturated rings. The molecule has 2 rings (SSSR count). The monoisotopic (exact) mass is 296 g/mol. The number of aliphatic imine (C=N–C) groups is 1. The van der Waals surface area contributed by atoms with Crippen LogP contribution in [0, 0.1) is 0 Å². The van der Waals surface area contributed by atoms with Crippen LogP contribution in [-0.4, -0.2) is 62.2 Å². The first-order valence-corrected chi connectivity index (χ1v) is 8.21. The summed E-state index contributed by atoms with van der Waals surface area (Å²) in [5.41, 5.74) is 0. The molecule has 2 aliphatic rings. The molecule has 2 saturated heterocycles. The van der Waals surface area contributed by atoms with Crippen molar-refractivity contribution >= 4 is 11.9 Å². The van der Waals surface area contributed by atoms with Crippen molar-refractivity contribution in [3.63, 3.8) is 0 Å². The summed E-state index contributed by atoms with van der Waals surface area (Å²) in [7, 11) is 0. The number of nitrogens with one attached hydrogen (secondary N) is 2. The van der Waals surface area contributed by atoms with Crippen molar-refractivity contribution in [3.8, 4) is 0 Å². The van der Waals surface area contributed by atoms with Gasteiger partial charge in [-0.15, -0.1) is 0 Å². The van der Waals surface area contributed by atoms with Gasteiger partial charge in [0.1, 0.15) is 0 Å². The number of rotatable bonds is 7. The maximum atomic E-state index is 11.5. The summed E-state index contributed by atoms with van der Waals surface area (Å²) in [4.78, 5) is 18.0. The predicted octanol–water partition coefficient (Wildman–Crippen LogP) is 0.733. The van der Waals surface area contributed by atoms with E-state index in [4.69, 9.17) is 4.74 Å². The Balaban J connectivity index is 1.64. The third-order valence-electron chi connectivity index (χ3n) is 3.89. The van der Waals surface area contributed by atoms with E-state index in [9.17, 15) is 4.79 Å². The number of hydrogen-bond acceptors (Lipinski definition) is 3. The SMILES string of the molecule is CCNC(=NCC1CCCO1)NCCCN1CCCC1=O. The van der Waals surface area contributed by atoms with Gasteiger partial charge in [0.2, 0.25) is 5.91 Å². The average Bonchev–Trinajstić information content (AvgIpc) is 3.13. The molecule has 2 aliphatic heterocycles. The summed E-state index contributed by atoms with van der Waals surface area (Å²) in [6.45, 7) is 7.10. The van der Waals surface area contributed by atoms with Crippen LogP contribution in [-0.2, 0) is 9.53 Å². The molecule has 0 aromatic rings. The summed E-state index contributed by atoms with van der Waals surface area (Å²) in [6.07, 6.45) is 5.23. The van der Waals surface area contributed by atoms with Crippen molar-refractivity contribution in [2.24, 2.45) is 4.99 Å². The summed E-state index contributed by atoms with van der Waals surface area (Å²) < 4.78 is 5.58. The number of guanidine groups is 1. The van der Waals surface area contributed by atoms with E-state index in [2.05, 4.69) is 22.5 Å². The van der Waals surface area contributed by atoms with Gasteiger partial charge in [0, 0.05) is 39.2 Å². The van der Waals surface area contributed by atoms with Gasteiger partial charge in [0.15, 0.2) is 5.96 Å². The number of carbonyl (C=O) groups excluding carboxylic acids is 1. The van der Waals surface area contributed by atoms with Gasteiger partial charge >= 0.3 is 0 Å². The Hall–Kier alpha value is -1.30. The second-order valence-corrected chi connectivity index (χ2v) is 5.62. The molecule has 1 amide bonds. The standard InChI is InChI=1S/C15H28N4O2/c1-2-16-15(18-12-13-6-4-11-21-13)17-8-5-10-19-9-3-7-14(19)20/h13H,2-12H2,1H3,(H2,16,17,18). The van der Waals surface area contributed by atoms with Crippen molar-refractivity contribution in [2.45, 2.75) is 45.1 Å². The maximum absolute atomic E-state index is 11.5. The summed E-state index contributed by atoms with van der Waals surface area (Å²) in [5, 5.41) is 6.58. The zero-order valence-electron chi connectivity index (χ0n) is 13.1. The molecule has 0 radical (unpaired) electrons. The Morgan fingerprint density at radius 1 is 1.43 bits per heavy atom. The molecular weight excluding hydrogens is 268 g/mol. The molecule has 0 aliphatic carbocycles. The van der Waals surface area contributed by atoms with E-state index in [1.165, 1.54) is 0 Å². The number of carbonyl (C=O) groups is 1. The van der Waals surface area contributed by atoms with E-state index < -0.39 is 0 Å². The molecule has 6 nitrogen and oxygen atoms in total. The molecular formula is C15H28N4O2. The Morgan fingerprint density at radius 2 is 2.33 bits per heavy atom. The van der Waals surface area contributed by atoms with Crippen LogP contribution in [0.3, 0.4) is 0 Å². The highest BCUT2D eigenvalue weighted by atomic mass is 16.5. The van der Waals surface area contributed by atoms with Crippen molar-refractivity contribution in [1.29, 1.82) is 0 Å². The van der Waals surface area contributed by atoms with Crippen molar-refractivity contribution in [2.75, 3.05) is 39.3 Å². The minimum Gasteiger partial charge on any atom is -0.376 e. The first kappa shape index (κ1) is 16.1. The molecule has 120 valence electrons. The summed E-state index contributed by atoms with van der Waals surface area (Å²) >= 11 is 0. The largest absolute Gasteiger partial charge is 0.376 e. The van der Waals surface area contributed by atoms with Crippen LogP contribution in [0.2, 0.25) is 0 Å². The van der Waals surface area contributed by atoms with Crippen molar-refractivity contribution in [3.05, 3.63) is 0 Å². The Morgan fingerprint density at radius 3 is 3.00 bits per heavy atom. The second-order valence-electron chi connectivity index (χ2n) is 5.62. The number of amides is 1. The quantitative estimate of drug-likeness (QED) is 0.413. The molecule has 0 bridgehead atoms. The van der Waals surface area contributed by atoms with E-state index >= 15 is 0 Å². The van der Waals surface area contributed by atoms with E-state index in [0.29, 0.717) is 5.91 Å². The topological polar surface area (TPSA) is 66.0 Å². The number of nitrogens with zero attached hydrogens (tertiary/aromatic N) is 2. The van der Waals surface area contributed by atoms with Crippen molar-refractivity contribution < 1.29 is 9.53 Å². The Bertz CT molecular complexity index is 354. The maximum Gasteiger partial charge on any atom is 0.222 e. The third kappa shape index (κ3) is 5.53. The van der Waals surface area contributed by atoms with Gasteiger partial charge in [0.05, 0.1) is 12.6 Å². The molecule has 0 spiro atoms. The molecule has 6 heteroatoms. The van der Waals surface area contributed by atoms with Crippen LogP contribution in [0.25, 0.3) is 0 Å². The van der Waals surface area contributed by atoms with Crippen LogP contribution >= 0.6 is 0 Å². The fourth-order valence-corrected chi connectivity index (χ4v) is 2.74. The summed E-state index contributed by atoms with van der Waals surface area (Å²) in [6, 6.07) is 0. The zero-order valence-corrected chi connectivity index (χ0v) is 13.1. The number of hydrogen-bond donors (Lipinski definition) is 2. The molecule has 2 N–H and O–H groups in total. The Labute approximate surface area is 127 Å². The van der Waals surface area contributed by atoms with Gasteiger partial charge in [-0.2, -0.15) is 0 Å². The first-order valence-electron chi connectivity index (χ1n) is 8.21. The minimum absolute atomic E-state index is 0.280. The number of ether oxygens (including phenoxy) is 1. The molecule has 2 heterocycles. The predicted molar refractivity (Wildman–Crippen MR) is 83.4 cm³/mol. The van der Waals surface area contributed by atoms with Gasteiger partial charge in [-0.05, 0) is 32.6 Å². The van der Waals surface area contributed by atoms with Gasteiger partial charge in [-0.1, -0.05) is 0 Å². The smallest absolute Gasteiger partial charge is 0.222 e. The van der Waals surface area contributed by atoms with E-state index in [1.54, 1.807) is 0 Å². The van der Waals surface area contributed by atoms with Crippen LogP contribution < -0.4 is 10.6 Å². The normalized spacial score (nSPS) is 22.9. The van der Waals surface area contributed by atoms with Crippen LogP contribution in [0.15, 0.2) is 4.99 Å². The fraction of sp³-hybridized carbons (Fsp3) is 0.867. The lowest BCUT2D eigenvalue weighted by Crippen LogP contribution is -2.39. The number of likely N-dealkylation sites (tertiary alicyclic amines) is 1. The van der Waals surface area contributed by atoms with Crippen LogP contribution in [0.1, 0.15) is 39.0 Å². The fourth-order valence-electron chi connectivity index (χ4n) is 2.74. The lowest BCUT2D eigenvalue weighted by Gasteiger charge is -2.16. The molecule has 0 aromatic heterocycles. The van der Waals surface area contributed by atoms with E-state index in [0.717, 1.165) is 77.4 Å². The van der Waals surface area contributed by atoms with Gasteiger partial charge in [0.25, 0.3) is 0 Å². The van der Waals surface area contributed by atoms with Crippen LogP contribution in [0.4, 0.5) is 0 Å². The zero-order chi connectivity index (χ0) is 14.9. The first-order chi connectivity index (χ1) is 10.3. The van der Waals surface area contributed by atoms with E-state index in [1.807, 2.05) is 4.90 Å². The molecule has 0 saturated carbocycles.